The van der Waals surface area contributed by atoms with Gasteiger partial charge in [0.05, 0.1) is 25.6 Å². The van der Waals surface area contributed by atoms with Crippen LogP contribution in [0.1, 0.15) is 12.5 Å². The van der Waals surface area contributed by atoms with E-state index in [1.807, 2.05) is 43.3 Å². The molecule has 2 aromatic rings. The second-order valence-electron chi connectivity index (χ2n) is 4.22. The lowest BCUT2D eigenvalue weighted by atomic mass is 10.2. The van der Waals surface area contributed by atoms with Gasteiger partial charge in [-0.05, 0) is 48.9 Å². The molecule has 0 heterocycles. The molecule has 0 aromatic heterocycles. The van der Waals surface area contributed by atoms with Gasteiger partial charge in [-0.1, -0.05) is 17.7 Å². The molecule has 0 aliphatic carbocycles. The zero-order valence-corrected chi connectivity index (χ0v) is 12.7. The van der Waals surface area contributed by atoms with Crippen LogP contribution in [0.2, 0.25) is 5.02 Å². The van der Waals surface area contributed by atoms with Crippen LogP contribution in [0.5, 0.6) is 11.5 Å². The first-order chi connectivity index (χ1) is 10.2. The van der Waals surface area contributed by atoms with Crippen LogP contribution in [-0.4, -0.2) is 19.9 Å². The summed E-state index contributed by atoms with van der Waals surface area (Å²) < 4.78 is 10.8. The summed E-state index contributed by atoms with van der Waals surface area (Å²) in [6, 6.07) is 13.0. The maximum atomic E-state index is 5.91. The predicted octanol–water partition coefficient (Wildman–Crippen LogP) is 4.19. The Morgan fingerprint density at radius 2 is 2.05 bits per heavy atom. The molecule has 4 nitrogen and oxygen atoms in total. The first kappa shape index (κ1) is 15.2. The van der Waals surface area contributed by atoms with E-state index in [1.165, 1.54) is 0 Å². The topological polar surface area (TPSA) is 42.8 Å². The lowest BCUT2D eigenvalue weighted by molar-refractivity contribution is 0.311. The minimum absolute atomic E-state index is 0.597. The van der Waals surface area contributed by atoms with Crippen molar-refractivity contribution in [3.63, 3.8) is 0 Å². The maximum Gasteiger partial charge on any atom is 0.161 e. The van der Waals surface area contributed by atoms with Gasteiger partial charge in [-0.2, -0.15) is 5.10 Å². The summed E-state index contributed by atoms with van der Waals surface area (Å²) in [5.74, 6) is 1.41. The van der Waals surface area contributed by atoms with Gasteiger partial charge in [0, 0.05) is 5.02 Å². The number of nitrogens with zero attached hydrogens (tertiary/aromatic N) is 1. The summed E-state index contributed by atoms with van der Waals surface area (Å²) in [5, 5.41) is 4.84. The van der Waals surface area contributed by atoms with Gasteiger partial charge in [0.2, 0.25) is 0 Å². The van der Waals surface area contributed by atoms with Crippen LogP contribution in [0.15, 0.2) is 47.6 Å². The van der Waals surface area contributed by atoms with Crippen LogP contribution in [0, 0.1) is 0 Å². The summed E-state index contributed by atoms with van der Waals surface area (Å²) >= 11 is 5.91. The van der Waals surface area contributed by atoms with Gasteiger partial charge < -0.3 is 9.47 Å². The van der Waals surface area contributed by atoms with Crippen LogP contribution >= 0.6 is 11.6 Å². The SMILES string of the molecule is CCOc1ccc(C=NNc2cccc(Cl)c2)cc1OC. The molecule has 0 radical (unpaired) electrons. The minimum Gasteiger partial charge on any atom is -0.493 e. The number of halogens is 1. The number of hydrogen-bond donors (Lipinski definition) is 1. The van der Waals surface area contributed by atoms with Crippen molar-refractivity contribution < 1.29 is 9.47 Å². The largest absolute Gasteiger partial charge is 0.493 e. The monoisotopic (exact) mass is 304 g/mol. The summed E-state index contributed by atoms with van der Waals surface area (Å²) in [5.41, 5.74) is 4.66. The second-order valence-corrected chi connectivity index (χ2v) is 4.66. The van der Waals surface area contributed by atoms with Crippen molar-refractivity contribution in [2.75, 3.05) is 19.1 Å². The lowest BCUT2D eigenvalue weighted by Gasteiger charge is -2.09. The average molecular weight is 305 g/mol. The van der Waals surface area contributed by atoms with Crippen molar-refractivity contribution in [1.29, 1.82) is 0 Å². The second kappa shape index (κ2) is 7.55. The average Bonchev–Trinajstić information content (AvgIpc) is 2.49. The molecule has 0 bridgehead atoms. The van der Waals surface area contributed by atoms with Gasteiger partial charge in [0.1, 0.15) is 0 Å². The molecule has 2 aromatic carbocycles. The summed E-state index contributed by atoms with van der Waals surface area (Å²) in [7, 11) is 1.61. The first-order valence-corrected chi connectivity index (χ1v) is 6.96. The Hall–Kier alpha value is -2.20. The van der Waals surface area contributed by atoms with Crippen LogP contribution in [-0.2, 0) is 0 Å². The van der Waals surface area contributed by atoms with E-state index in [0.29, 0.717) is 17.4 Å². The Bertz CT molecular complexity index is 629. The van der Waals surface area contributed by atoms with Crippen molar-refractivity contribution in [3.05, 3.63) is 53.1 Å². The highest BCUT2D eigenvalue weighted by atomic mass is 35.5. The van der Waals surface area contributed by atoms with E-state index in [1.54, 1.807) is 19.4 Å². The third kappa shape index (κ3) is 4.39. The fourth-order valence-electron chi connectivity index (χ4n) is 1.78. The summed E-state index contributed by atoms with van der Waals surface area (Å²) in [4.78, 5) is 0. The summed E-state index contributed by atoms with van der Waals surface area (Å²) in [6.07, 6.45) is 1.71. The number of benzene rings is 2. The standard InChI is InChI=1S/C16H17ClN2O2/c1-3-21-15-8-7-12(9-16(15)20-2)11-18-19-14-6-4-5-13(17)10-14/h4-11,19H,3H2,1-2H3. The Kier molecular flexibility index (Phi) is 5.46. The molecule has 0 amide bonds. The number of methoxy groups -OCH3 is 1. The van der Waals surface area contributed by atoms with Crippen molar-refractivity contribution in [2.24, 2.45) is 5.10 Å². The highest BCUT2D eigenvalue weighted by Gasteiger charge is 2.03. The maximum absolute atomic E-state index is 5.91. The molecule has 0 saturated heterocycles. The van der Waals surface area contributed by atoms with Crippen LogP contribution in [0.3, 0.4) is 0 Å². The number of rotatable bonds is 6. The molecular formula is C16H17ClN2O2. The van der Waals surface area contributed by atoms with Crippen LogP contribution in [0.25, 0.3) is 0 Å². The number of ether oxygens (including phenoxy) is 2. The predicted molar refractivity (Wildman–Crippen MR) is 86.8 cm³/mol. The fraction of sp³-hybridized carbons (Fsp3) is 0.188. The van der Waals surface area contributed by atoms with Crippen molar-refractivity contribution in [3.8, 4) is 11.5 Å². The van der Waals surface area contributed by atoms with Crippen molar-refractivity contribution >= 4 is 23.5 Å². The Morgan fingerprint density at radius 3 is 2.76 bits per heavy atom. The molecule has 0 fully saturated rings. The highest BCUT2D eigenvalue weighted by Crippen LogP contribution is 2.27. The number of hydrogen-bond acceptors (Lipinski definition) is 4. The van der Waals surface area contributed by atoms with Gasteiger partial charge >= 0.3 is 0 Å². The molecule has 1 N–H and O–H groups in total. The van der Waals surface area contributed by atoms with Gasteiger partial charge in [-0.15, -0.1) is 0 Å². The first-order valence-electron chi connectivity index (χ1n) is 6.58. The van der Waals surface area contributed by atoms with E-state index in [9.17, 15) is 0 Å². The molecule has 0 saturated carbocycles. The summed E-state index contributed by atoms with van der Waals surface area (Å²) in [6.45, 7) is 2.53. The quantitative estimate of drug-likeness (QED) is 0.642. The van der Waals surface area contributed by atoms with Gasteiger partial charge in [-0.25, -0.2) is 0 Å². The third-order valence-corrected chi connectivity index (χ3v) is 2.95. The minimum atomic E-state index is 0.597. The van der Waals surface area contributed by atoms with Gasteiger partial charge in [0.15, 0.2) is 11.5 Å². The number of nitrogens with one attached hydrogen (secondary N) is 1. The van der Waals surface area contributed by atoms with E-state index < -0.39 is 0 Å². The number of anilines is 1. The lowest BCUT2D eigenvalue weighted by Crippen LogP contribution is -1.96. The zero-order chi connectivity index (χ0) is 15.1. The molecule has 110 valence electrons. The Morgan fingerprint density at radius 1 is 1.19 bits per heavy atom. The molecule has 0 aliphatic rings. The molecule has 0 unspecified atom stereocenters. The van der Waals surface area contributed by atoms with E-state index in [-0.39, 0.29) is 0 Å². The fourth-order valence-corrected chi connectivity index (χ4v) is 1.97. The Labute approximate surface area is 129 Å². The van der Waals surface area contributed by atoms with Gasteiger partial charge in [0.25, 0.3) is 0 Å². The smallest absolute Gasteiger partial charge is 0.161 e. The van der Waals surface area contributed by atoms with Gasteiger partial charge in [-0.3, -0.25) is 5.43 Å². The molecular weight excluding hydrogens is 288 g/mol. The van der Waals surface area contributed by atoms with E-state index >= 15 is 0 Å². The molecule has 21 heavy (non-hydrogen) atoms. The molecule has 0 atom stereocenters. The third-order valence-electron chi connectivity index (χ3n) is 2.72. The van der Waals surface area contributed by atoms with Crippen LogP contribution < -0.4 is 14.9 Å². The van der Waals surface area contributed by atoms with Crippen LogP contribution in [0.4, 0.5) is 5.69 Å². The zero-order valence-electron chi connectivity index (χ0n) is 12.0. The molecule has 0 spiro atoms. The molecule has 2 rings (SSSR count). The van der Waals surface area contributed by atoms with Crippen molar-refractivity contribution in [1.82, 2.24) is 0 Å². The molecule has 5 heteroatoms. The highest BCUT2D eigenvalue weighted by molar-refractivity contribution is 6.30. The normalized spacial score (nSPS) is 10.6. The van der Waals surface area contributed by atoms with Crippen molar-refractivity contribution in [2.45, 2.75) is 6.92 Å². The number of hydrazone groups is 1. The van der Waals surface area contributed by atoms with E-state index in [0.717, 1.165) is 17.0 Å². The molecule has 0 aliphatic heterocycles. The van der Waals surface area contributed by atoms with E-state index in [4.69, 9.17) is 21.1 Å². The van der Waals surface area contributed by atoms with E-state index in [2.05, 4.69) is 10.5 Å². The Balaban J connectivity index is 2.07.